The first-order valence-corrected chi connectivity index (χ1v) is 13.8. The van der Waals surface area contributed by atoms with Crippen molar-refractivity contribution in [2.75, 3.05) is 50.6 Å². The van der Waals surface area contributed by atoms with E-state index in [2.05, 4.69) is 44.3 Å². The predicted molar refractivity (Wildman–Crippen MR) is 164 cm³/mol. The Hall–Kier alpha value is -4.76. The lowest BCUT2D eigenvalue weighted by atomic mass is 10.0. The molecule has 208 valence electrons. The number of likely N-dealkylation sites (N-methyl/N-ethyl adjacent to an activating group) is 1. The lowest BCUT2D eigenvalue weighted by Gasteiger charge is -2.34. The molecular formula is C32H33N7O2. The molecule has 1 N–H and O–H groups in total. The maximum absolute atomic E-state index is 13.6. The van der Waals surface area contributed by atoms with Gasteiger partial charge in [-0.25, -0.2) is 9.97 Å². The van der Waals surface area contributed by atoms with Crippen molar-refractivity contribution in [3.63, 3.8) is 0 Å². The molecule has 9 heteroatoms. The first kappa shape index (κ1) is 26.5. The van der Waals surface area contributed by atoms with E-state index in [1.165, 1.54) is 5.69 Å². The second-order valence-corrected chi connectivity index (χ2v) is 10.2. The van der Waals surface area contributed by atoms with Crippen molar-refractivity contribution >= 4 is 28.4 Å². The number of nitrogens with one attached hydrogen (secondary N) is 1. The van der Waals surface area contributed by atoms with Crippen molar-refractivity contribution < 1.29 is 4.74 Å². The molecule has 6 rings (SSSR count). The van der Waals surface area contributed by atoms with Gasteiger partial charge >= 0.3 is 0 Å². The van der Waals surface area contributed by atoms with Crippen LogP contribution in [0.5, 0.6) is 5.88 Å². The highest BCUT2D eigenvalue weighted by Gasteiger charge is 2.15. The summed E-state index contributed by atoms with van der Waals surface area (Å²) in [6.07, 6.45) is 3.55. The van der Waals surface area contributed by atoms with Gasteiger partial charge in [-0.1, -0.05) is 24.3 Å². The highest BCUT2D eigenvalue weighted by Crippen LogP contribution is 2.26. The Morgan fingerprint density at radius 2 is 1.56 bits per heavy atom. The second-order valence-electron chi connectivity index (χ2n) is 10.2. The third-order valence-corrected chi connectivity index (χ3v) is 7.61. The molecule has 0 unspecified atom stereocenters. The highest BCUT2D eigenvalue weighted by molar-refractivity contribution is 5.82. The molecule has 2 aromatic carbocycles. The lowest BCUT2D eigenvalue weighted by Crippen LogP contribution is -2.44. The van der Waals surface area contributed by atoms with E-state index in [-0.39, 0.29) is 5.56 Å². The molecule has 5 aromatic rings. The number of hydrogen-bond acceptors (Lipinski definition) is 8. The molecular weight excluding hydrogens is 514 g/mol. The number of fused-ring (bicyclic) bond motifs is 1. The minimum atomic E-state index is -0.0833. The number of rotatable bonds is 7. The topological polar surface area (TPSA) is 88.4 Å². The first-order valence-electron chi connectivity index (χ1n) is 13.8. The number of methoxy groups -OCH3 is 1. The maximum atomic E-state index is 13.6. The van der Waals surface area contributed by atoms with E-state index in [0.29, 0.717) is 29.6 Å². The van der Waals surface area contributed by atoms with Crippen LogP contribution in [0.3, 0.4) is 0 Å². The van der Waals surface area contributed by atoms with E-state index in [9.17, 15) is 4.79 Å². The minimum Gasteiger partial charge on any atom is -0.481 e. The monoisotopic (exact) mass is 547 g/mol. The van der Waals surface area contributed by atoms with Crippen LogP contribution in [0, 0.1) is 0 Å². The van der Waals surface area contributed by atoms with E-state index in [4.69, 9.17) is 9.72 Å². The fourth-order valence-electron chi connectivity index (χ4n) is 5.18. The molecule has 1 aliphatic heterocycles. The van der Waals surface area contributed by atoms with Crippen LogP contribution in [0.4, 0.5) is 17.3 Å². The molecule has 0 spiro atoms. The number of benzene rings is 2. The largest absolute Gasteiger partial charge is 0.481 e. The minimum absolute atomic E-state index is 0.0833. The van der Waals surface area contributed by atoms with Crippen LogP contribution in [0.1, 0.15) is 6.92 Å². The van der Waals surface area contributed by atoms with Crippen molar-refractivity contribution in [2.45, 2.75) is 13.5 Å². The van der Waals surface area contributed by atoms with Crippen LogP contribution in [-0.2, 0) is 6.54 Å². The van der Waals surface area contributed by atoms with Gasteiger partial charge in [-0.3, -0.25) is 9.36 Å². The van der Waals surface area contributed by atoms with E-state index in [0.717, 1.165) is 53.9 Å². The van der Waals surface area contributed by atoms with Crippen molar-refractivity contribution in [3.05, 3.63) is 89.5 Å². The Balaban J connectivity index is 1.24. The molecule has 1 saturated heterocycles. The molecule has 4 heterocycles. The summed E-state index contributed by atoms with van der Waals surface area (Å²) >= 11 is 0. The Labute approximate surface area is 239 Å². The first-order chi connectivity index (χ1) is 20.0. The number of aromatic nitrogens is 4. The summed E-state index contributed by atoms with van der Waals surface area (Å²) in [7, 11) is 3.76. The highest BCUT2D eigenvalue weighted by atomic mass is 16.5. The van der Waals surface area contributed by atoms with Crippen LogP contribution in [0.25, 0.3) is 33.3 Å². The molecule has 0 amide bonds. The van der Waals surface area contributed by atoms with Gasteiger partial charge in [-0.05, 0) is 61.5 Å². The Bertz CT molecular complexity index is 1710. The summed E-state index contributed by atoms with van der Waals surface area (Å²) in [5, 5.41) is 4.11. The fraction of sp³-hybridized carbons (Fsp3) is 0.250. The van der Waals surface area contributed by atoms with E-state index < -0.39 is 0 Å². The quantitative estimate of drug-likeness (QED) is 0.303. The van der Waals surface area contributed by atoms with Gasteiger partial charge in [0.2, 0.25) is 11.8 Å². The van der Waals surface area contributed by atoms with Gasteiger partial charge in [-0.2, -0.15) is 4.98 Å². The molecule has 9 nitrogen and oxygen atoms in total. The summed E-state index contributed by atoms with van der Waals surface area (Å²) in [6.45, 7) is 6.64. The van der Waals surface area contributed by atoms with Crippen molar-refractivity contribution in [2.24, 2.45) is 0 Å². The SMILES string of the molecule is CCn1c(=O)c(-c2ccc(-c3ccc(OC)nc3)cc2)cc2cnc(Nc3ccc(N4CCN(C)CC4)cc3)nc21. The van der Waals surface area contributed by atoms with Gasteiger partial charge in [0.25, 0.3) is 5.56 Å². The number of piperazine rings is 1. The second kappa shape index (κ2) is 11.4. The third-order valence-electron chi connectivity index (χ3n) is 7.61. The zero-order valence-electron chi connectivity index (χ0n) is 23.5. The third kappa shape index (κ3) is 5.49. The maximum Gasteiger partial charge on any atom is 0.260 e. The van der Waals surface area contributed by atoms with Crippen LogP contribution in [0.2, 0.25) is 0 Å². The molecule has 0 radical (unpaired) electrons. The van der Waals surface area contributed by atoms with Crippen LogP contribution in [0.15, 0.2) is 83.9 Å². The Morgan fingerprint density at radius 3 is 2.22 bits per heavy atom. The molecule has 1 fully saturated rings. The van der Waals surface area contributed by atoms with Gasteiger partial charge in [0, 0.05) is 79.1 Å². The van der Waals surface area contributed by atoms with E-state index >= 15 is 0 Å². The number of nitrogens with zero attached hydrogens (tertiary/aromatic N) is 6. The van der Waals surface area contributed by atoms with Crippen LogP contribution < -0.4 is 20.5 Å². The molecule has 41 heavy (non-hydrogen) atoms. The average Bonchev–Trinajstić information content (AvgIpc) is 3.02. The lowest BCUT2D eigenvalue weighted by molar-refractivity contribution is 0.313. The zero-order valence-corrected chi connectivity index (χ0v) is 23.5. The summed E-state index contributed by atoms with van der Waals surface area (Å²) in [4.78, 5) is 31.9. The number of hydrogen-bond donors (Lipinski definition) is 1. The number of ether oxygens (including phenoxy) is 1. The molecule has 1 aliphatic rings. The molecule has 0 aliphatic carbocycles. The number of pyridine rings is 2. The number of aryl methyl sites for hydroxylation is 1. The molecule has 0 bridgehead atoms. The summed E-state index contributed by atoms with van der Waals surface area (Å²) in [6, 6.07) is 21.9. The summed E-state index contributed by atoms with van der Waals surface area (Å²) in [5.74, 6) is 1.03. The van der Waals surface area contributed by atoms with Gasteiger partial charge in [0.15, 0.2) is 0 Å². The normalized spacial score (nSPS) is 13.9. The summed E-state index contributed by atoms with van der Waals surface area (Å²) in [5.41, 5.74) is 6.07. The van der Waals surface area contributed by atoms with Crippen molar-refractivity contribution in [3.8, 4) is 28.1 Å². The molecule has 0 saturated carbocycles. The van der Waals surface area contributed by atoms with Crippen LogP contribution >= 0.6 is 0 Å². The molecule has 0 atom stereocenters. The standard InChI is InChI=1S/C32H33N7O2/c1-4-39-30-25(19-28(31(39)40)23-7-5-22(6-8-23)24-9-14-29(41-3)33-20-24)21-34-32(36-30)35-26-10-12-27(13-11-26)38-17-15-37(2)16-18-38/h5-14,19-21H,4,15-18H2,1-3H3,(H,34,35,36). The van der Waals surface area contributed by atoms with Gasteiger partial charge < -0.3 is 19.9 Å². The fourth-order valence-corrected chi connectivity index (χ4v) is 5.18. The van der Waals surface area contributed by atoms with Crippen molar-refractivity contribution in [1.82, 2.24) is 24.4 Å². The van der Waals surface area contributed by atoms with E-state index in [1.807, 2.05) is 61.5 Å². The Kier molecular flexibility index (Phi) is 7.35. The van der Waals surface area contributed by atoms with Gasteiger partial charge in [0.1, 0.15) is 5.65 Å². The zero-order chi connectivity index (χ0) is 28.3. The van der Waals surface area contributed by atoms with E-state index in [1.54, 1.807) is 24.1 Å². The predicted octanol–water partition coefficient (Wildman–Crippen LogP) is 5.04. The summed E-state index contributed by atoms with van der Waals surface area (Å²) < 4.78 is 6.86. The number of anilines is 3. The Morgan fingerprint density at radius 1 is 0.854 bits per heavy atom. The average molecular weight is 548 g/mol. The molecule has 3 aromatic heterocycles. The van der Waals surface area contributed by atoms with Crippen molar-refractivity contribution in [1.29, 1.82) is 0 Å². The van der Waals surface area contributed by atoms with Gasteiger partial charge in [-0.15, -0.1) is 0 Å². The van der Waals surface area contributed by atoms with Gasteiger partial charge in [0.05, 0.1) is 7.11 Å². The smallest absolute Gasteiger partial charge is 0.260 e. The van der Waals surface area contributed by atoms with Crippen LogP contribution in [-0.4, -0.2) is 64.8 Å².